The maximum Gasteiger partial charge on any atom is 0.330 e. The van der Waals surface area contributed by atoms with Crippen molar-refractivity contribution in [1.82, 2.24) is 5.32 Å². The SMILES string of the molecule is CCOC1CC(NC(=O)C2COc3ccc(OC)cc3C2)(C(=O)O)C1(C)C. The first kappa shape index (κ1) is 19.5. The van der Waals surface area contributed by atoms with Crippen LogP contribution in [0.4, 0.5) is 0 Å². The number of carbonyl (C=O) groups is 2. The minimum atomic E-state index is -1.33. The van der Waals surface area contributed by atoms with Gasteiger partial charge in [0.05, 0.1) is 19.1 Å². The monoisotopic (exact) mass is 377 g/mol. The van der Waals surface area contributed by atoms with Crippen LogP contribution in [0.15, 0.2) is 18.2 Å². The number of benzene rings is 1. The molecule has 0 saturated heterocycles. The first-order valence-electron chi connectivity index (χ1n) is 9.22. The Balaban J connectivity index is 1.75. The number of carboxylic acid groups (broad SMARTS) is 1. The predicted octanol–water partition coefficient (Wildman–Crippen LogP) is 2.02. The number of nitrogens with one attached hydrogen (secondary N) is 1. The number of hydrogen-bond donors (Lipinski definition) is 2. The summed E-state index contributed by atoms with van der Waals surface area (Å²) in [6, 6.07) is 5.48. The maximum atomic E-state index is 12.9. The van der Waals surface area contributed by atoms with Gasteiger partial charge in [-0.15, -0.1) is 0 Å². The molecule has 1 saturated carbocycles. The Morgan fingerprint density at radius 2 is 2.11 bits per heavy atom. The van der Waals surface area contributed by atoms with Crippen molar-refractivity contribution < 1.29 is 28.9 Å². The van der Waals surface area contributed by atoms with Crippen molar-refractivity contribution in [3.8, 4) is 11.5 Å². The first-order valence-corrected chi connectivity index (χ1v) is 9.22. The molecule has 1 fully saturated rings. The van der Waals surface area contributed by atoms with Crippen LogP contribution >= 0.6 is 0 Å². The molecule has 7 nitrogen and oxygen atoms in total. The van der Waals surface area contributed by atoms with Crippen LogP contribution in [-0.4, -0.2) is 48.9 Å². The van der Waals surface area contributed by atoms with E-state index in [0.29, 0.717) is 18.8 Å². The highest BCUT2D eigenvalue weighted by atomic mass is 16.5. The Kier molecular flexibility index (Phi) is 5.08. The van der Waals surface area contributed by atoms with Gasteiger partial charge in [0.1, 0.15) is 23.6 Å². The van der Waals surface area contributed by atoms with Gasteiger partial charge in [-0.3, -0.25) is 4.79 Å². The van der Waals surface area contributed by atoms with Gasteiger partial charge in [-0.2, -0.15) is 0 Å². The fourth-order valence-corrected chi connectivity index (χ4v) is 4.02. The molecule has 0 bridgehead atoms. The Morgan fingerprint density at radius 3 is 2.70 bits per heavy atom. The van der Waals surface area contributed by atoms with E-state index in [1.807, 2.05) is 39.0 Å². The molecule has 3 unspecified atom stereocenters. The number of ether oxygens (including phenoxy) is 3. The second-order valence-electron chi connectivity index (χ2n) is 7.76. The third-order valence-electron chi connectivity index (χ3n) is 6.01. The van der Waals surface area contributed by atoms with Crippen LogP contribution < -0.4 is 14.8 Å². The first-order chi connectivity index (χ1) is 12.7. The lowest BCUT2D eigenvalue weighted by molar-refractivity contribution is -0.195. The molecule has 2 aliphatic rings. The van der Waals surface area contributed by atoms with Crippen molar-refractivity contribution in [3.05, 3.63) is 23.8 Å². The summed E-state index contributed by atoms with van der Waals surface area (Å²) in [4.78, 5) is 25.0. The topological polar surface area (TPSA) is 94.1 Å². The molecule has 148 valence electrons. The van der Waals surface area contributed by atoms with Crippen LogP contribution in [0.25, 0.3) is 0 Å². The highest BCUT2D eigenvalue weighted by Crippen LogP contribution is 2.51. The molecular formula is C20H27NO6. The molecule has 3 atom stereocenters. The van der Waals surface area contributed by atoms with Crippen molar-refractivity contribution in [2.75, 3.05) is 20.3 Å². The van der Waals surface area contributed by atoms with Gasteiger partial charge in [0.2, 0.25) is 5.91 Å². The number of methoxy groups -OCH3 is 1. The Bertz CT molecular complexity index is 746. The van der Waals surface area contributed by atoms with Crippen molar-refractivity contribution in [2.24, 2.45) is 11.3 Å². The Morgan fingerprint density at radius 1 is 1.37 bits per heavy atom. The molecule has 2 N–H and O–H groups in total. The van der Waals surface area contributed by atoms with Gasteiger partial charge in [0.25, 0.3) is 0 Å². The number of fused-ring (bicyclic) bond motifs is 1. The number of aliphatic carboxylic acids is 1. The van der Waals surface area contributed by atoms with E-state index in [9.17, 15) is 14.7 Å². The molecule has 7 heteroatoms. The zero-order chi connectivity index (χ0) is 19.8. The van der Waals surface area contributed by atoms with E-state index in [-0.39, 0.29) is 25.0 Å². The average Bonchev–Trinajstić information content (AvgIpc) is 2.65. The molecule has 1 aliphatic heterocycles. The van der Waals surface area contributed by atoms with Crippen LogP contribution in [0.1, 0.15) is 32.8 Å². The van der Waals surface area contributed by atoms with E-state index >= 15 is 0 Å². The van der Waals surface area contributed by atoms with Crippen molar-refractivity contribution in [2.45, 2.75) is 45.3 Å². The number of carboxylic acids is 1. The molecule has 1 aliphatic carbocycles. The summed E-state index contributed by atoms with van der Waals surface area (Å²) in [6.07, 6.45) is 0.530. The van der Waals surface area contributed by atoms with Crippen molar-refractivity contribution in [1.29, 1.82) is 0 Å². The van der Waals surface area contributed by atoms with E-state index in [0.717, 1.165) is 11.3 Å². The predicted molar refractivity (Wildman–Crippen MR) is 98.0 cm³/mol. The summed E-state index contributed by atoms with van der Waals surface area (Å²) in [5.74, 6) is -0.374. The highest BCUT2D eigenvalue weighted by molar-refractivity contribution is 5.90. The lowest BCUT2D eigenvalue weighted by atomic mass is 9.54. The molecule has 27 heavy (non-hydrogen) atoms. The molecule has 1 amide bonds. The third kappa shape index (κ3) is 3.14. The number of hydrogen-bond acceptors (Lipinski definition) is 5. The van der Waals surface area contributed by atoms with Gasteiger partial charge < -0.3 is 24.6 Å². The molecule has 1 aromatic rings. The maximum absolute atomic E-state index is 12.9. The van der Waals surface area contributed by atoms with Gasteiger partial charge in [-0.25, -0.2) is 4.79 Å². The van der Waals surface area contributed by atoms with Gasteiger partial charge in [-0.05, 0) is 37.1 Å². The fraction of sp³-hybridized carbons (Fsp3) is 0.600. The molecular weight excluding hydrogens is 350 g/mol. The molecule has 0 radical (unpaired) electrons. The summed E-state index contributed by atoms with van der Waals surface area (Å²) in [6.45, 7) is 6.25. The van der Waals surface area contributed by atoms with Crippen LogP contribution in [0.3, 0.4) is 0 Å². The van der Waals surface area contributed by atoms with Gasteiger partial charge in [0, 0.05) is 18.4 Å². The van der Waals surface area contributed by atoms with E-state index < -0.39 is 22.8 Å². The second-order valence-corrected chi connectivity index (χ2v) is 7.76. The van der Waals surface area contributed by atoms with Crippen LogP contribution in [0.2, 0.25) is 0 Å². The van der Waals surface area contributed by atoms with E-state index in [1.54, 1.807) is 7.11 Å². The zero-order valence-corrected chi connectivity index (χ0v) is 16.2. The minimum Gasteiger partial charge on any atom is -0.497 e. The largest absolute Gasteiger partial charge is 0.497 e. The Hall–Kier alpha value is -2.28. The highest BCUT2D eigenvalue weighted by Gasteiger charge is 2.66. The van der Waals surface area contributed by atoms with Crippen molar-refractivity contribution in [3.63, 3.8) is 0 Å². The fourth-order valence-electron chi connectivity index (χ4n) is 4.02. The van der Waals surface area contributed by atoms with Gasteiger partial charge >= 0.3 is 5.97 Å². The number of rotatable bonds is 6. The zero-order valence-electron chi connectivity index (χ0n) is 16.2. The molecule has 1 aromatic carbocycles. The summed E-state index contributed by atoms with van der Waals surface area (Å²) < 4.78 is 16.6. The normalized spacial score (nSPS) is 28.3. The summed E-state index contributed by atoms with van der Waals surface area (Å²) in [5.41, 5.74) is -1.16. The van der Waals surface area contributed by atoms with Gasteiger partial charge in [0.15, 0.2) is 0 Å². The lowest BCUT2D eigenvalue weighted by Gasteiger charge is -2.58. The standard InChI is InChI=1S/C20H27NO6/c1-5-26-16-10-20(18(23)24,19(16,2)3)21-17(22)13-8-12-9-14(25-4)6-7-15(12)27-11-13/h6-7,9,13,16H,5,8,10-11H2,1-4H3,(H,21,22)(H,23,24). The van der Waals surface area contributed by atoms with Gasteiger partial charge in [-0.1, -0.05) is 13.8 Å². The van der Waals surface area contributed by atoms with Crippen LogP contribution in [-0.2, 0) is 20.7 Å². The molecule has 0 aromatic heterocycles. The average molecular weight is 377 g/mol. The molecule has 3 rings (SSSR count). The van der Waals surface area contributed by atoms with Crippen molar-refractivity contribution >= 4 is 11.9 Å². The number of amides is 1. The lowest BCUT2D eigenvalue weighted by Crippen LogP contribution is -2.76. The summed E-state index contributed by atoms with van der Waals surface area (Å²) >= 11 is 0. The summed E-state index contributed by atoms with van der Waals surface area (Å²) in [7, 11) is 1.58. The van der Waals surface area contributed by atoms with E-state index in [4.69, 9.17) is 14.2 Å². The third-order valence-corrected chi connectivity index (χ3v) is 6.01. The molecule has 1 heterocycles. The van der Waals surface area contributed by atoms with E-state index in [2.05, 4.69) is 5.32 Å². The van der Waals surface area contributed by atoms with Crippen LogP contribution in [0.5, 0.6) is 11.5 Å². The Labute approximate surface area is 159 Å². The number of carbonyl (C=O) groups excluding carboxylic acids is 1. The summed E-state index contributed by atoms with van der Waals surface area (Å²) in [5, 5.41) is 12.7. The molecule has 0 spiro atoms. The quantitative estimate of drug-likeness (QED) is 0.788. The minimum absolute atomic E-state index is 0.202. The smallest absolute Gasteiger partial charge is 0.330 e. The van der Waals surface area contributed by atoms with Crippen LogP contribution in [0, 0.1) is 11.3 Å². The van der Waals surface area contributed by atoms with E-state index in [1.165, 1.54) is 0 Å². The second kappa shape index (κ2) is 7.03.